The van der Waals surface area contributed by atoms with Crippen LogP contribution in [0.25, 0.3) is 67.8 Å². The van der Waals surface area contributed by atoms with E-state index in [1.807, 2.05) is 97.6 Å². The molecule has 256 valence electrons. The van der Waals surface area contributed by atoms with Crippen LogP contribution in [-0.4, -0.2) is 88.4 Å². The zero-order valence-corrected chi connectivity index (χ0v) is 28.2. The Kier molecular flexibility index (Phi) is 7.20. The van der Waals surface area contributed by atoms with Gasteiger partial charge < -0.3 is 18.9 Å². The first-order valence-corrected chi connectivity index (χ1v) is 16.0. The molecule has 4 aromatic heterocycles. The van der Waals surface area contributed by atoms with Crippen LogP contribution in [0.4, 0.5) is 0 Å². The Labute approximate surface area is 295 Å². The Hall–Kier alpha value is -7.36. The molecule has 16 bridgehead atoms. The maximum atomic E-state index is 5.68. The Morgan fingerprint density at radius 2 is 0.596 bits per heavy atom. The Morgan fingerprint density at radius 3 is 0.923 bits per heavy atom. The van der Waals surface area contributed by atoms with Crippen molar-refractivity contribution >= 4 is 0 Å². The van der Waals surface area contributed by atoms with Gasteiger partial charge >= 0.3 is 0 Å². The third-order valence-electron chi connectivity index (χ3n) is 8.72. The van der Waals surface area contributed by atoms with Gasteiger partial charge in [-0.15, -0.1) is 20.4 Å². The van der Waals surface area contributed by atoms with E-state index in [2.05, 4.69) is 41.2 Å². The summed E-state index contributed by atoms with van der Waals surface area (Å²) in [4.78, 5) is 0. The number of fused-ring (bicyclic) bond motifs is 24. The highest BCUT2D eigenvalue weighted by molar-refractivity contribution is 5.72. The summed E-state index contributed by atoms with van der Waals surface area (Å²) in [6.07, 6.45) is 7.35. The van der Waals surface area contributed by atoms with E-state index in [0.29, 0.717) is 68.5 Å². The molecule has 52 heavy (non-hydrogen) atoms. The fraction of sp³-hybridized carbons (Fsp3) is 0.111. The van der Waals surface area contributed by atoms with Crippen LogP contribution in [0.1, 0.15) is 0 Å². The highest BCUT2D eigenvalue weighted by atomic mass is 16.5. The average Bonchev–Trinajstić information content (AvgIpc) is 4.04. The predicted molar refractivity (Wildman–Crippen MR) is 188 cm³/mol. The van der Waals surface area contributed by atoms with Gasteiger partial charge in [0.2, 0.25) is 0 Å². The lowest BCUT2D eigenvalue weighted by Crippen LogP contribution is -2.01. The van der Waals surface area contributed by atoms with E-state index in [-0.39, 0.29) is 0 Å². The molecule has 0 aliphatic carbocycles. The second kappa shape index (κ2) is 12.2. The van der Waals surface area contributed by atoms with Crippen LogP contribution in [0.3, 0.4) is 0 Å². The molecule has 0 amide bonds. The number of rotatable bonds is 4. The Bertz CT molecular complexity index is 2110. The van der Waals surface area contributed by atoms with Gasteiger partial charge in [-0.3, -0.25) is 0 Å². The van der Waals surface area contributed by atoms with Gasteiger partial charge in [0.05, 0.1) is 76.0 Å². The zero-order valence-electron chi connectivity index (χ0n) is 28.2. The average molecular weight is 693 g/mol. The molecule has 0 saturated carbocycles. The number of hydrogen-bond donors (Lipinski definition) is 0. The first-order valence-electron chi connectivity index (χ1n) is 16.0. The summed E-state index contributed by atoms with van der Waals surface area (Å²) in [5.74, 6) is 2.45. The predicted octanol–water partition coefficient (Wildman–Crippen LogP) is 5.03. The van der Waals surface area contributed by atoms with Crippen molar-refractivity contribution in [3.8, 4) is 90.8 Å². The lowest BCUT2D eigenvalue weighted by molar-refractivity contribution is 0.414. The first kappa shape index (κ1) is 30.7. The number of hydrogen-bond acceptors (Lipinski definition) is 12. The van der Waals surface area contributed by atoms with Gasteiger partial charge in [-0.25, -0.2) is 18.7 Å². The van der Waals surface area contributed by atoms with E-state index in [9.17, 15) is 0 Å². The zero-order chi connectivity index (χ0) is 35.3. The molecule has 8 aromatic rings. The lowest BCUT2D eigenvalue weighted by atomic mass is 10.1. The molecule has 1 aliphatic rings. The summed E-state index contributed by atoms with van der Waals surface area (Å²) < 4.78 is 29.4. The number of benzene rings is 4. The van der Waals surface area contributed by atoms with Crippen molar-refractivity contribution in [3.63, 3.8) is 0 Å². The molecular formula is C36H28N12O4. The quantitative estimate of drug-likeness (QED) is 0.243. The molecule has 0 unspecified atom stereocenters. The summed E-state index contributed by atoms with van der Waals surface area (Å²) in [5.41, 5.74) is 8.38. The van der Waals surface area contributed by atoms with Crippen LogP contribution < -0.4 is 18.9 Å². The number of nitrogens with zero attached hydrogens (tertiary/aromatic N) is 12. The van der Waals surface area contributed by atoms with Crippen molar-refractivity contribution in [2.45, 2.75) is 0 Å². The molecule has 0 atom stereocenters. The largest absolute Gasteiger partial charge is 0.497 e. The SMILES string of the molecule is COc1cc2cc(c1)-c1cn(nn1)-c1cc(OC)cc(c1)-c1cn(nn1)-c1cc(OC)cc(c1)-n1cc(nn1)-c1cc(OC)cc(c1)-n1cc-2nn1. The van der Waals surface area contributed by atoms with Crippen LogP contribution in [-0.2, 0) is 0 Å². The van der Waals surface area contributed by atoms with Crippen molar-refractivity contribution in [1.29, 1.82) is 0 Å². The molecular weight excluding hydrogens is 664 g/mol. The van der Waals surface area contributed by atoms with Crippen LogP contribution >= 0.6 is 0 Å². The summed E-state index contributed by atoms with van der Waals surface area (Å²) in [7, 11) is 6.44. The van der Waals surface area contributed by atoms with E-state index in [0.717, 1.165) is 22.3 Å². The number of aromatic nitrogens is 12. The molecule has 0 spiro atoms. The normalized spacial score (nSPS) is 11.5. The van der Waals surface area contributed by atoms with Crippen LogP contribution in [0, 0.1) is 0 Å². The van der Waals surface area contributed by atoms with Gasteiger partial charge in [-0.2, -0.15) is 0 Å². The van der Waals surface area contributed by atoms with Gasteiger partial charge in [0.25, 0.3) is 0 Å². The van der Waals surface area contributed by atoms with Crippen molar-refractivity contribution in [2.24, 2.45) is 0 Å². The molecule has 9 rings (SSSR count). The maximum Gasteiger partial charge on any atom is 0.123 e. The smallest absolute Gasteiger partial charge is 0.123 e. The molecule has 0 N–H and O–H groups in total. The summed E-state index contributed by atoms with van der Waals surface area (Å²) in [6.45, 7) is 0. The van der Waals surface area contributed by atoms with Gasteiger partial charge in [-0.05, 0) is 48.5 Å². The second-order valence-corrected chi connectivity index (χ2v) is 11.9. The third kappa shape index (κ3) is 5.43. The Balaban J connectivity index is 1.25. The highest BCUT2D eigenvalue weighted by Crippen LogP contribution is 2.33. The maximum absolute atomic E-state index is 5.68. The van der Waals surface area contributed by atoms with E-state index in [1.54, 1.807) is 47.2 Å². The monoisotopic (exact) mass is 692 g/mol. The molecule has 0 saturated heterocycles. The van der Waals surface area contributed by atoms with Gasteiger partial charge in [0.1, 0.15) is 45.8 Å². The molecule has 1 aliphatic heterocycles. The van der Waals surface area contributed by atoms with Gasteiger partial charge in [0, 0.05) is 46.5 Å². The van der Waals surface area contributed by atoms with E-state index in [4.69, 9.17) is 18.9 Å². The number of methoxy groups -OCH3 is 4. The van der Waals surface area contributed by atoms with E-state index < -0.39 is 0 Å². The number of ether oxygens (including phenoxy) is 4. The fourth-order valence-electron chi connectivity index (χ4n) is 6.01. The van der Waals surface area contributed by atoms with Crippen molar-refractivity contribution in [3.05, 3.63) is 97.6 Å². The summed E-state index contributed by atoms with van der Waals surface area (Å²) in [5, 5.41) is 35.8. The topological polar surface area (TPSA) is 160 Å². The van der Waals surface area contributed by atoms with Crippen molar-refractivity contribution in [2.75, 3.05) is 28.4 Å². The molecule has 0 fully saturated rings. The second-order valence-electron chi connectivity index (χ2n) is 11.9. The third-order valence-corrected chi connectivity index (χ3v) is 8.72. The molecule has 0 radical (unpaired) electrons. The van der Waals surface area contributed by atoms with E-state index >= 15 is 0 Å². The van der Waals surface area contributed by atoms with Crippen LogP contribution in [0.15, 0.2) is 97.6 Å². The van der Waals surface area contributed by atoms with E-state index in [1.165, 1.54) is 0 Å². The van der Waals surface area contributed by atoms with Crippen LogP contribution in [0.2, 0.25) is 0 Å². The minimum atomic E-state index is 0.599. The minimum Gasteiger partial charge on any atom is -0.497 e. The molecule has 16 heteroatoms. The van der Waals surface area contributed by atoms with Gasteiger partial charge in [-0.1, -0.05) is 20.9 Å². The van der Waals surface area contributed by atoms with Crippen molar-refractivity contribution in [1.82, 2.24) is 60.0 Å². The van der Waals surface area contributed by atoms with Crippen molar-refractivity contribution < 1.29 is 18.9 Å². The van der Waals surface area contributed by atoms with Gasteiger partial charge in [0.15, 0.2) is 0 Å². The Morgan fingerprint density at radius 1 is 0.327 bits per heavy atom. The molecule has 4 aromatic carbocycles. The standard InChI is InChI=1S/C36H28N12O4/c1-49-29-8-21-5-22(9-29)34-18-46(42-38-34)26-7-24(11-31(14-26)51-3)36-20-48(44-40-36)28-12-27(15-32(16-28)52-4)47-19-35(39-43-47)23-6-25(13-30(10-23)50-2)45-17-33(21)37-41-45/h5-20H,1-4H3. The lowest BCUT2D eigenvalue weighted by Gasteiger charge is -2.09. The molecule has 5 heterocycles. The molecule has 16 nitrogen and oxygen atoms in total. The minimum absolute atomic E-state index is 0.599. The fourth-order valence-corrected chi connectivity index (χ4v) is 6.01. The summed E-state index contributed by atoms with van der Waals surface area (Å²) >= 11 is 0. The highest BCUT2D eigenvalue weighted by Gasteiger charge is 2.17. The summed E-state index contributed by atoms with van der Waals surface area (Å²) in [6, 6.07) is 22.8. The van der Waals surface area contributed by atoms with Crippen LogP contribution in [0.5, 0.6) is 23.0 Å². The first-order chi connectivity index (χ1) is 25.5.